The second kappa shape index (κ2) is 7.66. The van der Waals surface area contributed by atoms with Crippen LogP contribution in [0.5, 0.6) is 5.75 Å². The van der Waals surface area contributed by atoms with E-state index in [2.05, 4.69) is 15.2 Å². The number of halogens is 1. The molecule has 0 spiro atoms. The standard InChI is InChI=1S/C21H20ClN3O3/c1-28-19-7-6-14(11-16(19)22)24-21(27)20(26)15-12-23-8-9-25-17-5-3-2-4-13(17)10-18(15)25/h2-7,10-11,15,23H,8-9,12H2,1H3,(H,24,27). The molecule has 2 N–H and O–H groups in total. The van der Waals surface area contributed by atoms with Gasteiger partial charge in [0.05, 0.1) is 18.1 Å². The van der Waals surface area contributed by atoms with Gasteiger partial charge in [0.25, 0.3) is 5.91 Å². The molecule has 6 nitrogen and oxygen atoms in total. The highest BCUT2D eigenvalue weighted by molar-refractivity contribution is 6.42. The van der Waals surface area contributed by atoms with Crippen LogP contribution < -0.4 is 15.4 Å². The number of ether oxygens (including phenoxy) is 1. The van der Waals surface area contributed by atoms with E-state index in [1.807, 2.05) is 30.3 Å². The predicted octanol–water partition coefficient (Wildman–Crippen LogP) is 3.20. The van der Waals surface area contributed by atoms with Crippen molar-refractivity contribution in [3.05, 3.63) is 59.2 Å². The maximum Gasteiger partial charge on any atom is 0.292 e. The molecule has 7 heteroatoms. The number of nitrogens with one attached hydrogen (secondary N) is 2. The number of rotatable bonds is 4. The molecule has 1 aliphatic rings. The van der Waals surface area contributed by atoms with E-state index in [1.165, 1.54) is 7.11 Å². The second-order valence-electron chi connectivity index (χ2n) is 6.70. The first-order valence-corrected chi connectivity index (χ1v) is 9.44. The first-order chi connectivity index (χ1) is 13.6. The minimum atomic E-state index is -0.660. The van der Waals surface area contributed by atoms with Gasteiger partial charge in [0.15, 0.2) is 0 Å². The smallest absolute Gasteiger partial charge is 0.292 e. The van der Waals surface area contributed by atoms with Crippen LogP contribution in [0.3, 0.4) is 0 Å². The van der Waals surface area contributed by atoms with Gasteiger partial charge in [-0.1, -0.05) is 29.8 Å². The average molecular weight is 398 g/mol. The summed E-state index contributed by atoms with van der Waals surface area (Å²) in [5.41, 5.74) is 2.38. The Labute approximate surface area is 167 Å². The highest BCUT2D eigenvalue weighted by Gasteiger charge is 2.31. The average Bonchev–Trinajstić information content (AvgIpc) is 2.93. The van der Waals surface area contributed by atoms with Gasteiger partial charge in [0.2, 0.25) is 5.78 Å². The van der Waals surface area contributed by atoms with Gasteiger partial charge in [0, 0.05) is 36.5 Å². The van der Waals surface area contributed by atoms with Crippen molar-refractivity contribution in [2.24, 2.45) is 0 Å². The summed E-state index contributed by atoms with van der Waals surface area (Å²) in [5, 5.41) is 7.34. The maximum absolute atomic E-state index is 13.0. The Bertz CT molecular complexity index is 1060. The van der Waals surface area contributed by atoms with Gasteiger partial charge in [-0.05, 0) is 35.7 Å². The summed E-state index contributed by atoms with van der Waals surface area (Å²) in [7, 11) is 1.52. The molecule has 1 atom stereocenters. The summed E-state index contributed by atoms with van der Waals surface area (Å²) in [4.78, 5) is 25.6. The van der Waals surface area contributed by atoms with Gasteiger partial charge in [0.1, 0.15) is 5.75 Å². The summed E-state index contributed by atoms with van der Waals surface area (Å²) in [6.45, 7) is 1.92. The summed E-state index contributed by atoms with van der Waals surface area (Å²) >= 11 is 6.10. The van der Waals surface area contributed by atoms with Crippen LogP contribution in [0.15, 0.2) is 48.5 Å². The lowest BCUT2D eigenvalue weighted by molar-refractivity contribution is -0.135. The Kier molecular flexibility index (Phi) is 5.07. The van der Waals surface area contributed by atoms with E-state index >= 15 is 0 Å². The summed E-state index contributed by atoms with van der Waals surface area (Å²) in [6.07, 6.45) is 0. The van der Waals surface area contributed by atoms with Gasteiger partial charge >= 0.3 is 0 Å². The number of Topliss-reactive ketones (excluding diaryl/α,β-unsaturated/α-hetero) is 1. The molecule has 1 aliphatic heterocycles. The van der Waals surface area contributed by atoms with Crippen LogP contribution in [-0.2, 0) is 16.1 Å². The number of ketones is 1. The topological polar surface area (TPSA) is 72.4 Å². The Morgan fingerprint density at radius 1 is 1.21 bits per heavy atom. The molecule has 2 heterocycles. The number of carbonyl (C=O) groups is 2. The van der Waals surface area contributed by atoms with Crippen LogP contribution in [0.25, 0.3) is 10.9 Å². The molecule has 1 unspecified atom stereocenters. The second-order valence-corrected chi connectivity index (χ2v) is 7.11. The van der Waals surface area contributed by atoms with Crippen molar-refractivity contribution in [2.45, 2.75) is 12.5 Å². The zero-order valence-corrected chi connectivity index (χ0v) is 16.1. The molecule has 0 radical (unpaired) electrons. The number of para-hydroxylation sites is 1. The highest BCUT2D eigenvalue weighted by Crippen LogP contribution is 2.29. The first-order valence-electron chi connectivity index (χ1n) is 9.06. The Balaban J connectivity index is 1.61. The molecule has 1 amide bonds. The van der Waals surface area contributed by atoms with Crippen molar-refractivity contribution in [1.82, 2.24) is 9.88 Å². The minimum absolute atomic E-state index is 0.365. The van der Waals surface area contributed by atoms with Gasteiger partial charge in [-0.25, -0.2) is 0 Å². The van der Waals surface area contributed by atoms with Gasteiger partial charge in [-0.3, -0.25) is 9.59 Å². The Morgan fingerprint density at radius 2 is 2.04 bits per heavy atom. The summed E-state index contributed by atoms with van der Waals surface area (Å²) in [5.74, 6) is -1.19. The zero-order valence-electron chi connectivity index (χ0n) is 15.4. The molecular weight excluding hydrogens is 378 g/mol. The van der Waals surface area contributed by atoms with E-state index < -0.39 is 17.6 Å². The van der Waals surface area contributed by atoms with E-state index in [0.717, 1.165) is 29.7 Å². The number of methoxy groups -OCH3 is 1. The van der Waals surface area contributed by atoms with Crippen LogP contribution in [0.4, 0.5) is 5.69 Å². The summed E-state index contributed by atoms with van der Waals surface area (Å²) < 4.78 is 7.23. The van der Waals surface area contributed by atoms with E-state index in [4.69, 9.17) is 16.3 Å². The predicted molar refractivity (Wildman–Crippen MR) is 109 cm³/mol. The molecule has 4 rings (SSSR count). The molecule has 0 fully saturated rings. The van der Waals surface area contributed by atoms with Gasteiger partial charge in [-0.15, -0.1) is 0 Å². The third kappa shape index (κ3) is 3.37. The maximum atomic E-state index is 13.0. The number of hydrogen-bond acceptors (Lipinski definition) is 4. The third-order valence-corrected chi connectivity index (χ3v) is 5.31. The van der Waals surface area contributed by atoms with Crippen LogP contribution in [0, 0.1) is 0 Å². The fourth-order valence-corrected chi connectivity index (χ4v) is 3.89. The lowest BCUT2D eigenvalue weighted by Gasteiger charge is -2.15. The van der Waals surface area contributed by atoms with Gasteiger partial charge < -0.3 is 19.9 Å². The number of benzene rings is 2. The molecule has 0 saturated carbocycles. The van der Waals surface area contributed by atoms with Crippen molar-refractivity contribution in [3.8, 4) is 5.75 Å². The molecule has 0 bridgehead atoms. The van der Waals surface area contributed by atoms with E-state index in [0.29, 0.717) is 23.0 Å². The summed E-state index contributed by atoms with van der Waals surface area (Å²) in [6, 6.07) is 14.9. The quantitative estimate of drug-likeness (QED) is 0.663. The zero-order chi connectivity index (χ0) is 19.7. The molecule has 0 aliphatic carbocycles. The molecule has 2 aromatic carbocycles. The number of fused-ring (bicyclic) bond motifs is 3. The lowest BCUT2D eigenvalue weighted by atomic mass is 9.99. The van der Waals surface area contributed by atoms with Crippen LogP contribution >= 0.6 is 11.6 Å². The highest BCUT2D eigenvalue weighted by atomic mass is 35.5. The van der Waals surface area contributed by atoms with Crippen LogP contribution in [-0.4, -0.2) is 36.5 Å². The molecule has 1 aromatic heterocycles. The van der Waals surface area contributed by atoms with E-state index in [9.17, 15) is 9.59 Å². The molecular formula is C21H20ClN3O3. The van der Waals surface area contributed by atoms with Crippen LogP contribution in [0.2, 0.25) is 5.02 Å². The van der Waals surface area contributed by atoms with E-state index in [1.54, 1.807) is 18.2 Å². The fraction of sp³-hybridized carbons (Fsp3) is 0.238. The molecule has 3 aromatic rings. The molecule has 0 saturated heterocycles. The van der Waals surface area contributed by atoms with Crippen molar-refractivity contribution in [1.29, 1.82) is 0 Å². The largest absolute Gasteiger partial charge is 0.495 e. The Hall–Kier alpha value is -2.83. The van der Waals surface area contributed by atoms with Crippen molar-refractivity contribution < 1.29 is 14.3 Å². The van der Waals surface area contributed by atoms with Crippen molar-refractivity contribution >= 4 is 39.9 Å². The normalized spacial score (nSPS) is 16.3. The fourth-order valence-electron chi connectivity index (χ4n) is 3.63. The minimum Gasteiger partial charge on any atom is -0.495 e. The number of hydrogen-bond donors (Lipinski definition) is 2. The third-order valence-electron chi connectivity index (χ3n) is 5.01. The van der Waals surface area contributed by atoms with Crippen molar-refractivity contribution in [2.75, 3.05) is 25.5 Å². The first kappa shape index (κ1) is 18.5. The molecule has 144 valence electrons. The van der Waals surface area contributed by atoms with Crippen molar-refractivity contribution in [3.63, 3.8) is 0 Å². The van der Waals surface area contributed by atoms with Crippen LogP contribution in [0.1, 0.15) is 11.6 Å². The Morgan fingerprint density at radius 3 is 2.82 bits per heavy atom. The SMILES string of the molecule is COc1ccc(NC(=O)C(=O)C2CNCCn3c2cc2ccccc23)cc1Cl. The number of nitrogens with zero attached hydrogens (tertiary/aromatic N) is 1. The number of aromatic nitrogens is 1. The molecule has 28 heavy (non-hydrogen) atoms. The van der Waals surface area contributed by atoms with E-state index in [-0.39, 0.29) is 0 Å². The monoisotopic (exact) mass is 397 g/mol. The number of carbonyl (C=O) groups excluding carboxylic acids is 2. The lowest BCUT2D eigenvalue weighted by Crippen LogP contribution is -2.33. The number of amides is 1. The van der Waals surface area contributed by atoms with Gasteiger partial charge in [-0.2, -0.15) is 0 Å². The number of anilines is 1.